The van der Waals surface area contributed by atoms with E-state index in [4.69, 9.17) is 17.3 Å². The number of aromatic hydroxyl groups is 1. The van der Waals surface area contributed by atoms with Gasteiger partial charge in [0.15, 0.2) is 0 Å². The lowest BCUT2D eigenvalue weighted by molar-refractivity contribution is 0.475. The summed E-state index contributed by atoms with van der Waals surface area (Å²) in [7, 11) is 1.97. The summed E-state index contributed by atoms with van der Waals surface area (Å²) in [5.74, 6) is 0.262. The zero-order chi connectivity index (χ0) is 13.1. The van der Waals surface area contributed by atoms with Crippen LogP contribution in [-0.4, -0.2) is 12.2 Å². The molecule has 0 aliphatic heterocycles. The number of nitrogens with zero attached hydrogens (tertiary/aromatic N) is 1. The number of nitrogens with two attached hydrogens (primary N) is 1. The van der Waals surface area contributed by atoms with Crippen LogP contribution < -0.4 is 10.6 Å². The number of anilines is 2. The highest BCUT2D eigenvalue weighted by Crippen LogP contribution is 2.23. The fourth-order valence-electron chi connectivity index (χ4n) is 1.76. The molecule has 0 unspecified atom stereocenters. The highest BCUT2D eigenvalue weighted by atomic mass is 35.5. The van der Waals surface area contributed by atoms with Crippen LogP contribution in [0.25, 0.3) is 0 Å². The van der Waals surface area contributed by atoms with E-state index in [0.29, 0.717) is 17.3 Å². The Balaban J connectivity index is 2.15. The van der Waals surface area contributed by atoms with E-state index in [-0.39, 0.29) is 5.75 Å². The minimum Gasteiger partial charge on any atom is -0.508 e. The first-order valence-electron chi connectivity index (χ1n) is 5.60. The maximum atomic E-state index is 9.25. The quantitative estimate of drug-likeness (QED) is 0.835. The molecule has 3 nitrogen and oxygen atoms in total. The normalized spacial score (nSPS) is 10.3. The lowest BCUT2D eigenvalue weighted by Crippen LogP contribution is -2.17. The van der Waals surface area contributed by atoms with Crippen molar-refractivity contribution in [2.75, 3.05) is 17.7 Å². The molecular formula is C14H15ClN2O. The summed E-state index contributed by atoms with van der Waals surface area (Å²) < 4.78 is 0. The van der Waals surface area contributed by atoms with Crippen LogP contribution in [0.5, 0.6) is 5.75 Å². The summed E-state index contributed by atoms with van der Waals surface area (Å²) in [6.45, 7) is 0.688. The van der Waals surface area contributed by atoms with E-state index in [1.54, 1.807) is 18.2 Å². The van der Waals surface area contributed by atoms with Gasteiger partial charge in [0.1, 0.15) is 5.75 Å². The van der Waals surface area contributed by atoms with Crippen LogP contribution in [0.4, 0.5) is 11.4 Å². The molecule has 0 fully saturated rings. The monoisotopic (exact) mass is 262 g/mol. The number of nitrogen functional groups attached to an aromatic ring is 1. The molecule has 0 aliphatic carbocycles. The average Bonchev–Trinajstić information content (AvgIpc) is 2.33. The predicted molar refractivity (Wildman–Crippen MR) is 76.1 cm³/mol. The third-order valence-corrected chi connectivity index (χ3v) is 3.04. The van der Waals surface area contributed by atoms with Crippen LogP contribution in [-0.2, 0) is 6.54 Å². The number of phenols is 1. The number of halogens is 1. The molecule has 3 N–H and O–H groups in total. The van der Waals surface area contributed by atoms with Gasteiger partial charge in [0.2, 0.25) is 0 Å². The molecule has 2 aromatic carbocycles. The topological polar surface area (TPSA) is 49.5 Å². The van der Waals surface area contributed by atoms with E-state index in [2.05, 4.69) is 4.90 Å². The lowest BCUT2D eigenvalue weighted by atomic mass is 10.1. The third-order valence-electron chi connectivity index (χ3n) is 2.81. The second-order valence-corrected chi connectivity index (χ2v) is 4.65. The highest BCUT2D eigenvalue weighted by molar-refractivity contribution is 6.30. The minimum atomic E-state index is 0.262. The number of phenolic OH excluding ortho intramolecular Hbond substituents is 1. The first kappa shape index (κ1) is 12.6. The van der Waals surface area contributed by atoms with Gasteiger partial charge < -0.3 is 15.7 Å². The standard InChI is InChI=1S/C14H15ClN2O/c1-17(12-4-6-13(18)7-5-12)9-10-2-3-11(15)8-14(10)16/h2-8,18H,9,16H2,1H3. The molecule has 0 amide bonds. The molecule has 0 saturated heterocycles. The van der Waals surface area contributed by atoms with Crippen LogP contribution in [0.15, 0.2) is 42.5 Å². The number of hydrogen-bond acceptors (Lipinski definition) is 3. The van der Waals surface area contributed by atoms with Crippen molar-refractivity contribution in [3.63, 3.8) is 0 Å². The van der Waals surface area contributed by atoms with Gasteiger partial charge >= 0.3 is 0 Å². The SMILES string of the molecule is CN(Cc1ccc(Cl)cc1N)c1ccc(O)cc1. The van der Waals surface area contributed by atoms with Crippen molar-refractivity contribution in [1.82, 2.24) is 0 Å². The van der Waals surface area contributed by atoms with E-state index >= 15 is 0 Å². The number of rotatable bonds is 3. The van der Waals surface area contributed by atoms with Crippen LogP contribution in [0.2, 0.25) is 5.02 Å². The molecule has 2 aromatic rings. The van der Waals surface area contributed by atoms with E-state index in [9.17, 15) is 5.11 Å². The zero-order valence-electron chi connectivity index (χ0n) is 10.1. The second-order valence-electron chi connectivity index (χ2n) is 4.22. The highest BCUT2D eigenvalue weighted by Gasteiger charge is 2.05. The number of benzene rings is 2. The van der Waals surface area contributed by atoms with Crippen LogP contribution >= 0.6 is 11.6 Å². The molecule has 0 saturated carbocycles. The molecule has 18 heavy (non-hydrogen) atoms. The van der Waals surface area contributed by atoms with Crippen molar-refractivity contribution < 1.29 is 5.11 Å². The maximum Gasteiger partial charge on any atom is 0.115 e. The summed E-state index contributed by atoms with van der Waals surface area (Å²) in [5, 5.41) is 9.89. The molecular weight excluding hydrogens is 248 g/mol. The minimum absolute atomic E-state index is 0.262. The Morgan fingerprint density at radius 3 is 2.44 bits per heavy atom. The Morgan fingerprint density at radius 2 is 1.83 bits per heavy atom. The largest absolute Gasteiger partial charge is 0.508 e. The molecule has 2 rings (SSSR count). The van der Waals surface area contributed by atoms with E-state index in [1.165, 1.54) is 0 Å². The maximum absolute atomic E-state index is 9.25. The molecule has 94 valence electrons. The fraction of sp³-hybridized carbons (Fsp3) is 0.143. The Hall–Kier alpha value is -1.87. The molecule has 0 aliphatic rings. The summed E-state index contributed by atoms with van der Waals surface area (Å²) in [6, 6.07) is 12.6. The Kier molecular flexibility index (Phi) is 3.63. The summed E-state index contributed by atoms with van der Waals surface area (Å²) in [4.78, 5) is 2.05. The first-order valence-corrected chi connectivity index (χ1v) is 5.98. The predicted octanol–water partition coefficient (Wildman–Crippen LogP) is 3.26. The van der Waals surface area contributed by atoms with Gasteiger partial charge in [0.05, 0.1) is 0 Å². The van der Waals surface area contributed by atoms with E-state index < -0.39 is 0 Å². The second kappa shape index (κ2) is 5.19. The molecule has 4 heteroatoms. The number of hydrogen-bond donors (Lipinski definition) is 2. The lowest BCUT2D eigenvalue weighted by Gasteiger charge is -2.20. The van der Waals surface area contributed by atoms with Crippen molar-refractivity contribution >= 4 is 23.0 Å². The zero-order valence-corrected chi connectivity index (χ0v) is 10.9. The summed E-state index contributed by atoms with van der Waals surface area (Å²) in [5.41, 5.74) is 8.65. The summed E-state index contributed by atoms with van der Waals surface area (Å²) >= 11 is 5.87. The molecule has 0 bridgehead atoms. The van der Waals surface area contributed by atoms with Crippen molar-refractivity contribution in [3.05, 3.63) is 53.1 Å². The van der Waals surface area contributed by atoms with Gasteiger partial charge in [-0.1, -0.05) is 17.7 Å². The van der Waals surface area contributed by atoms with Crippen LogP contribution in [0.3, 0.4) is 0 Å². The molecule has 0 atom stereocenters. The fourth-order valence-corrected chi connectivity index (χ4v) is 1.94. The van der Waals surface area contributed by atoms with Crippen molar-refractivity contribution in [1.29, 1.82) is 0 Å². The molecule has 0 aromatic heterocycles. The first-order chi connectivity index (χ1) is 8.56. The van der Waals surface area contributed by atoms with Gasteiger partial charge in [-0.15, -0.1) is 0 Å². The third kappa shape index (κ3) is 2.87. The Bertz CT molecular complexity index is 540. The van der Waals surface area contributed by atoms with Crippen LogP contribution in [0, 0.1) is 0 Å². The van der Waals surface area contributed by atoms with Crippen molar-refractivity contribution in [2.45, 2.75) is 6.54 Å². The van der Waals surface area contributed by atoms with Gasteiger partial charge in [-0.3, -0.25) is 0 Å². The molecule has 0 spiro atoms. The van der Waals surface area contributed by atoms with E-state index in [1.807, 2.05) is 31.3 Å². The van der Waals surface area contributed by atoms with Gasteiger partial charge in [-0.25, -0.2) is 0 Å². The van der Waals surface area contributed by atoms with Crippen LogP contribution in [0.1, 0.15) is 5.56 Å². The molecule has 0 radical (unpaired) electrons. The average molecular weight is 263 g/mol. The van der Waals surface area contributed by atoms with Gasteiger partial charge in [0.25, 0.3) is 0 Å². The van der Waals surface area contributed by atoms with Gasteiger partial charge in [-0.05, 0) is 42.0 Å². The van der Waals surface area contributed by atoms with E-state index in [0.717, 1.165) is 11.3 Å². The Morgan fingerprint density at radius 1 is 1.17 bits per heavy atom. The van der Waals surface area contributed by atoms with Crippen molar-refractivity contribution in [2.24, 2.45) is 0 Å². The summed E-state index contributed by atoms with van der Waals surface area (Å²) in [6.07, 6.45) is 0. The smallest absolute Gasteiger partial charge is 0.115 e. The molecule has 0 heterocycles. The van der Waals surface area contributed by atoms with Crippen molar-refractivity contribution in [3.8, 4) is 5.75 Å². The van der Waals surface area contributed by atoms with Gasteiger partial charge in [-0.2, -0.15) is 0 Å². The Labute approximate surface area is 111 Å². The van der Waals surface area contributed by atoms with Gasteiger partial charge in [0, 0.05) is 30.0 Å².